The van der Waals surface area contributed by atoms with E-state index in [4.69, 9.17) is 21.9 Å². The van der Waals surface area contributed by atoms with Crippen molar-refractivity contribution < 1.29 is 19.4 Å². The lowest BCUT2D eigenvalue weighted by Crippen LogP contribution is -2.57. The van der Waals surface area contributed by atoms with Gasteiger partial charge in [-0.3, -0.25) is 9.59 Å². The van der Waals surface area contributed by atoms with Crippen molar-refractivity contribution in [2.24, 2.45) is 5.11 Å². The van der Waals surface area contributed by atoms with Crippen molar-refractivity contribution >= 4 is 23.2 Å². The summed E-state index contributed by atoms with van der Waals surface area (Å²) in [6.07, 6.45) is -1.90. The van der Waals surface area contributed by atoms with E-state index >= 15 is 0 Å². The number of azide groups is 1. The first kappa shape index (κ1) is 17.0. The molecule has 0 saturated heterocycles. The second-order valence-corrected chi connectivity index (χ2v) is 5.94. The fourth-order valence-electron chi connectivity index (χ4n) is 2.68. The number of rotatable bonds is 4. The number of carbonyl (C=O) groups excluding carboxylic acids is 2. The summed E-state index contributed by atoms with van der Waals surface area (Å²) >= 11 is 5.91. The largest absolute Gasteiger partial charge is 0.492 e. The molecule has 1 aliphatic rings. The van der Waals surface area contributed by atoms with Crippen LogP contribution in [0.15, 0.2) is 53.6 Å². The maximum atomic E-state index is 12.9. The van der Waals surface area contributed by atoms with E-state index < -0.39 is 29.8 Å². The molecule has 0 amide bonds. The van der Waals surface area contributed by atoms with Gasteiger partial charge in [0.05, 0.1) is 5.56 Å². The van der Waals surface area contributed by atoms with Crippen molar-refractivity contribution in [3.8, 4) is 5.75 Å². The molecular formula is C17H12ClN3O4. The lowest BCUT2D eigenvalue weighted by Gasteiger charge is -2.35. The normalized spacial score (nSPS) is 20.0. The molecule has 0 fully saturated rings. The molecule has 0 aromatic heterocycles. The van der Waals surface area contributed by atoms with E-state index in [0.717, 1.165) is 0 Å². The Bertz CT molecular complexity index is 896. The smallest absolute Gasteiger partial charge is 0.192 e. The fourth-order valence-corrected chi connectivity index (χ4v) is 2.85. The molecule has 0 bridgehead atoms. The predicted octanol–water partition coefficient (Wildman–Crippen LogP) is 3.21. The zero-order valence-corrected chi connectivity index (χ0v) is 13.6. The van der Waals surface area contributed by atoms with Gasteiger partial charge in [0, 0.05) is 15.5 Å². The molecule has 2 aromatic carbocycles. The Balaban J connectivity index is 2.07. The quantitative estimate of drug-likeness (QED) is 0.391. The number of carbonyl (C=O) groups is 2. The van der Waals surface area contributed by atoms with Gasteiger partial charge in [-0.15, -0.1) is 0 Å². The van der Waals surface area contributed by atoms with Crippen LogP contribution in [-0.4, -0.2) is 34.9 Å². The van der Waals surface area contributed by atoms with Crippen molar-refractivity contribution in [3.63, 3.8) is 0 Å². The topological polar surface area (TPSA) is 112 Å². The maximum Gasteiger partial charge on any atom is 0.192 e. The monoisotopic (exact) mass is 357 g/mol. The average molecular weight is 358 g/mol. The molecule has 0 saturated carbocycles. The molecule has 0 unspecified atom stereocenters. The summed E-state index contributed by atoms with van der Waals surface area (Å²) in [6, 6.07) is 12.3. The highest BCUT2D eigenvalue weighted by molar-refractivity contribution is 6.31. The summed E-state index contributed by atoms with van der Waals surface area (Å²) in [5, 5.41) is 14.3. The van der Waals surface area contributed by atoms with Gasteiger partial charge in [-0.25, -0.2) is 0 Å². The summed E-state index contributed by atoms with van der Waals surface area (Å²) in [4.78, 5) is 28.2. The summed E-state index contributed by atoms with van der Waals surface area (Å²) in [5.74, 6) is -1.21. The Morgan fingerprint density at radius 1 is 1.32 bits per heavy atom. The third kappa shape index (κ3) is 2.85. The highest BCUT2D eigenvalue weighted by Gasteiger charge is 2.52. The number of halogens is 1. The van der Waals surface area contributed by atoms with E-state index in [1.54, 1.807) is 24.3 Å². The molecule has 8 heteroatoms. The van der Waals surface area contributed by atoms with Gasteiger partial charge in [0.25, 0.3) is 0 Å². The number of hydrogen-bond donors (Lipinski definition) is 1. The number of fused-ring (bicyclic) bond motifs is 1. The van der Waals surface area contributed by atoms with Gasteiger partial charge >= 0.3 is 0 Å². The van der Waals surface area contributed by atoms with Gasteiger partial charge < -0.3 is 9.84 Å². The first-order valence-electron chi connectivity index (χ1n) is 7.30. The first-order chi connectivity index (χ1) is 12.0. The van der Waals surface area contributed by atoms with Crippen LogP contribution in [0.25, 0.3) is 10.4 Å². The van der Waals surface area contributed by atoms with Crippen LogP contribution in [0, 0.1) is 0 Å². The zero-order chi connectivity index (χ0) is 18.0. The second-order valence-electron chi connectivity index (χ2n) is 5.50. The van der Waals surface area contributed by atoms with Crippen LogP contribution in [0.2, 0.25) is 5.02 Å². The Labute approximate surface area is 147 Å². The number of aliphatic hydroxyl groups is 1. The van der Waals surface area contributed by atoms with Crippen molar-refractivity contribution in [2.45, 2.75) is 11.6 Å². The molecule has 3 rings (SSSR count). The van der Waals surface area contributed by atoms with Crippen LogP contribution in [0.5, 0.6) is 5.75 Å². The van der Waals surface area contributed by atoms with E-state index in [0.29, 0.717) is 0 Å². The standard InChI is InChI=1S/C17H12ClN3O4/c18-11-6-7-13-12(8-11)15(23)17(9-25-13,20-21-19)16(24)14(22)10-4-2-1-3-5-10/h1-8,16,24H,9H2/t16-,17+/m1/s1. The molecule has 1 N–H and O–H groups in total. The third-order valence-corrected chi connectivity index (χ3v) is 4.24. The van der Waals surface area contributed by atoms with Crippen molar-refractivity contribution in [2.75, 3.05) is 6.61 Å². The van der Waals surface area contributed by atoms with Gasteiger partial charge in [-0.1, -0.05) is 47.0 Å². The van der Waals surface area contributed by atoms with Gasteiger partial charge in [-0.05, 0) is 23.7 Å². The van der Waals surface area contributed by atoms with Crippen LogP contribution in [0.3, 0.4) is 0 Å². The van der Waals surface area contributed by atoms with E-state index in [9.17, 15) is 14.7 Å². The minimum Gasteiger partial charge on any atom is -0.492 e. The Morgan fingerprint density at radius 2 is 2.04 bits per heavy atom. The number of ketones is 2. The van der Waals surface area contributed by atoms with Crippen molar-refractivity contribution in [1.29, 1.82) is 0 Å². The Hall–Kier alpha value is -2.86. The SMILES string of the molecule is [N-]=[N+]=N[C@@]1([C@H](O)C(=O)c2ccccc2)COc2ccc(Cl)cc2C1=O. The minimum atomic E-state index is -2.10. The van der Waals surface area contributed by atoms with Crippen molar-refractivity contribution in [3.05, 3.63) is 75.1 Å². The second kappa shape index (κ2) is 6.57. The van der Waals surface area contributed by atoms with Crippen molar-refractivity contribution in [1.82, 2.24) is 0 Å². The van der Waals surface area contributed by atoms with Gasteiger partial charge in [0.2, 0.25) is 0 Å². The molecule has 2 aromatic rings. The van der Waals surface area contributed by atoms with Gasteiger partial charge in [0.1, 0.15) is 18.5 Å². The molecule has 126 valence electrons. The molecular weight excluding hydrogens is 346 g/mol. The molecule has 1 aliphatic heterocycles. The van der Waals surface area contributed by atoms with Crippen LogP contribution < -0.4 is 4.74 Å². The molecule has 2 atom stereocenters. The maximum absolute atomic E-state index is 12.9. The van der Waals surface area contributed by atoms with E-state index in [-0.39, 0.29) is 21.9 Å². The Morgan fingerprint density at radius 3 is 2.72 bits per heavy atom. The number of aliphatic hydroxyl groups excluding tert-OH is 1. The number of benzene rings is 2. The van der Waals surface area contributed by atoms with Crippen LogP contribution >= 0.6 is 11.6 Å². The molecule has 0 radical (unpaired) electrons. The van der Waals surface area contributed by atoms with Gasteiger partial charge in [0.15, 0.2) is 17.1 Å². The lowest BCUT2D eigenvalue weighted by molar-refractivity contribution is 0.0311. The first-order valence-corrected chi connectivity index (χ1v) is 7.68. The van der Waals surface area contributed by atoms with Crippen LogP contribution in [0.4, 0.5) is 0 Å². The highest BCUT2D eigenvalue weighted by Crippen LogP contribution is 2.36. The van der Waals surface area contributed by atoms with Crippen LogP contribution in [0.1, 0.15) is 20.7 Å². The Kier molecular flexibility index (Phi) is 4.46. The summed E-state index contributed by atoms with van der Waals surface area (Å²) < 4.78 is 5.47. The molecule has 1 heterocycles. The zero-order valence-electron chi connectivity index (χ0n) is 12.8. The average Bonchev–Trinajstić information content (AvgIpc) is 2.64. The summed E-state index contributed by atoms with van der Waals surface area (Å²) in [7, 11) is 0. The molecule has 25 heavy (non-hydrogen) atoms. The predicted molar refractivity (Wildman–Crippen MR) is 89.9 cm³/mol. The van der Waals surface area contributed by atoms with E-state index in [1.807, 2.05) is 0 Å². The van der Waals surface area contributed by atoms with E-state index in [2.05, 4.69) is 10.0 Å². The molecule has 0 spiro atoms. The lowest BCUT2D eigenvalue weighted by atomic mass is 9.80. The number of hydrogen-bond acceptors (Lipinski definition) is 5. The minimum absolute atomic E-state index is 0.0473. The molecule has 0 aliphatic carbocycles. The fraction of sp³-hybridized carbons (Fsp3) is 0.176. The number of nitrogens with zero attached hydrogens (tertiary/aromatic N) is 3. The van der Waals surface area contributed by atoms with E-state index in [1.165, 1.54) is 24.3 Å². The molecule has 7 nitrogen and oxygen atoms in total. The van der Waals surface area contributed by atoms with Crippen LogP contribution in [-0.2, 0) is 0 Å². The summed E-state index contributed by atoms with van der Waals surface area (Å²) in [5.41, 5.74) is 7.04. The number of ether oxygens (including phenoxy) is 1. The summed E-state index contributed by atoms with van der Waals surface area (Å²) in [6.45, 7) is -0.454. The number of Topliss-reactive ketones (excluding diaryl/α,β-unsaturated/α-hetero) is 2. The highest BCUT2D eigenvalue weighted by atomic mass is 35.5. The third-order valence-electron chi connectivity index (χ3n) is 4.01. The van der Waals surface area contributed by atoms with Gasteiger partial charge in [-0.2, -0.15) is 0 Å².